The van der Waals surface area contributed by atoms with Gasteiger partial charge in [-0.25, -0.2) is 5.43 Å². The van der Waals surface area contributed by atoms with Gasteiger partial charge in [-0.15, -0.1) is 0 Å². The van der Waals surface area contributed by atoms with Crippen LogP contribution in [0.4, 0.5) is 0 Å². The molecule has 1 amide bonds. The maximum absolute atomic E-state index is 11.9. The summed E-state index contributed by atoms with van der Waals surface area (Å²) < 4.78 is 1.00. The molecule has 0 fully saturated rings. The van der Waals surface area contributed by atoms with E-state index in [1.165, 1.54) is 6.20 Å². The van der Waals surface area contributed by atoms with Gasteiger partial charge < -0.3 is 0 Å². The molecule has 0 saturated carbocycles. The SMILES string of the molecule is C/C(=N/NC(=O)c1ccc(C)nc1)c1ccc(Br)cc1. The van der Waals surface area contributed by atoms with Crippen molar-refractivity contribution in [3.8, 4) is 0 Å². The number of rotatable bonds is 3. The highest BCUT2D eigenvalue weighted by atomic mass is 79.9. The number of hydrazone groups is 1. The fourth-order valence-corrected chi connectivity index (χ4v) is 1.82. The van der Waals surface area contributed by atoms with Gasteiger partial charge in [-0.3, -0.25) is 9.78 Å². The quantitative estimate of drug-likeness (QED) is 0.693. The molecule has 20 heavy (non-hydrogen) atoms. The molecule has 0 radical (unpaired) electrons. The fraction of sp³-hybridized carbons (Fsp3) is 0.133. The second kappa shape index (κ2) is 6.43. The first kappa shape index (κ1) is 14.4. The molecular formula is C15H14BrN3O. The number of nitrogens with one attached hydrogen (secondary N) is 1. The van der Waals surface area contributed by atoms with Crippen LogP contribution in [0.1, 0.15) is 28.5 Å². The molecule has 1 aromatic heterocycles. The van der Waals surface area contributed by atoms with E-state index in [9.17, 15) is 4.79 Å². The summed E-state index contributed by atoms with van der Waals surface area (Å²) in [6, 6.07) is 11.2. The van der Waals surface area contributed by atoms with Crippen LogP contribution in [0.15, 0.2) is 52.2 Å². The molecule has 0 bridgehead atoms. The molecule has 1 heterocycles. The van der Waals surface area contributed by atoms with Crippen LogP contribution in [-0.2, 0) is 0 Å². The van der Waals surface area contributed by atoms with E-state index >= 15 is 0 Å². The minimum absolute atomic E-state index is 0.269. The summed E-state index contributed by atoms with van der Waals surface area (Å²) in [5.74, 6) is -0.269. The average molecular weight is 332 g/mol. The topological polar surface area (TPSA) is 54.4 Å². The van der Waals surface area contributed by atoms with E-state index in [1.807, 2.05) is 38.1 Å². The maximum atomic E-state index is 11.9. The van der Waals surface area contributed by atoms with Crippen LogP contribution in [0.25, 0.3) is 0 Å². The lowest BCUT2D eigenvalue weighted by Crippen LogP contribution is -2.19. The summed E-state index contributed by atoms with van der Waals surface area (Å²) in [5, 5.41) is 4.10. The van der Waals surface area contributed by atoms with Gasteiger partial charge in [0.1, 0.15) is 0 Å². The number of nitrogens with zero attached hydrogens (tertiary/aromatic N) is 2. The number of carbonyl (C=O) groups is 1. The lowest BCUT2D eigenvalue weighted by atomic mass is 10.1. The Balaban J connectivity index is 2.06. The molecule has 1 N–H and O–H groups in total. The number of hydrogen-bond acceptors (Lipinski definition) is 3. The number of aromatic nitrogens is 1. The molecule has 102 valence electrons. The van der Waals surface area contributed by atoms with Crippen molar-refractivity contribution >= 4 is 27.5 Å². The van der Waals surface area contributed by atoms with Crippen molar-refractivity contribution in [2.24, 2.45) is 5.10 Å². The molecule has 0 aliphatic heterocycles. The summed E-state index contributed by atoms with van der Waals surface area (Å²) in [6.45, 7) is 3.72. The van der Waals surface area contributed by atoms with E-state index in [1.54, 1.807) is 12.1 Å². The van der Waals surface area contributed by atoms with Gasteiger partial charge in [-0.2, -0.15) is 5.10 Å². The van der Waals surface area contributed by atoms with E-state index < -0.39 is 0 Å². The molecule has 0 saturated heterocycles. The first-order valence-electron chi connectivity index (χ1n) is 6.09. The molecule has 0 atom stereocenters. The third-order valence-electron chi connectivity index (χ3n) is 2.76. The van der Waals surface area contributed by atoms with Gasteiger partial charge in [0.05, 0.1) is 11.3 Å². The molecule has 0 aliphatic carbocycles. The minimum atomic E-state index is -0.269. The highest BCUT2D eigenvalue weighted by Gasteiger charge is 2.05. The molecule has 0 unspecified atom stereocenters. The van der Waals surface area contributed by atoms with Crippen molar-refractivity contribution in [2.45, 2.75) is 13.8 Å². The Morgan fingerprint density at radius 3 is 2.40 bits per heavy atom. The largest absolute Gasteiger partial charge is 0.272 e. The van der Waals surface area contributed by atoms with Crippen LogP contribution in [-0.4, -0.2) is 16.6 Å². The van der Waals surface area contributed by atoms with Gasteiger partial charge in [0.15, 0.2) is 0 Å². The summed E-state index contributed by atoms with van der Waals surface area (Å²) >= 11 is 3.38. The summed E-state index contributed by atoms with van der Waals surface area (Å²) in [4.78, 5) is 16.0. The molecule has 1 aromatic carbocycles. The number of amides is 1. The molecule has 0 aliphatic rings. The van der Waals surface area contributed by atoms with Crippen molar-refractivity contribution in [1.82, 2.24) is 10.4 Å². The van der Waals surface area contributed by atoms with Gasteiger partial charge in [-0.05, 0) is 43.7 Å². The third kappa shape index (κ3) is 3.74. The monoisotopic (exact) mass is 331 g/mol. The van der Waals surface area contributed by atoms with Crippen LogP contribution in [0.3, 0.4) is 0 Å². The number of carbonyl (C=O) groups excluding carboxylic acids is 1. The molecule has 2 aromatic rings. The zero-order valence-electron chi connectivity index (χ0n) is 11.2. The van der Waals surface area contributed by atoms with Crippen LogP contribution < -0.4 is 5.43 Å². The zero-order chi connectivity index (χ0) is 14.5. The van der Waals surface area contributed by atoms with Crippen molar-refractivity contribution in [1.29, 1.82) is 0 Å². The Labute approximate surface area is 126 Å². The Morgan fingerprint density at radius 1 is 1.15 bits per heavy atom. The second-order valence-electron chi connectivity index (χ2n) is 4.33. The standard InChI is InChI=1S/C15H14BrN3O/c1-10-3-4-13(9-17-10)15(20)19-18-11(2)12-5-7-14(16)8-6-12/h3-9H,1-2H3,(H,19,20)/b18-11-. The highest BCUT2D eigenvalue weighted by Crippen LogP contribution is 2.11. The molecule has 5 heteroatoms. The Kier molecular flexibility index (Phi) is 4.63. The van der Waals surface area contributed by atoms with Gasteiger partial charge in [0.25, 0.3) is 5.91 Å². The van der Waals surface area contributed by atoms with Crippen molar-refractivity contribution in [2.75, 3.05) is 0 Å². The van der Waals surface area contributed by atoms with Crippen molar-refractivity contribution in [3.05, 3.63) is 63.9 Å². The van der Waals surface area contributed by atoms with Crippen LogP contribution >= 0.6 is 15.9 Å². The fourth-order valence-electron chi connectivity index (χ4n) is 1.56. The number of benzene rings is 1. The van der Waals surface area contributed by atoms with Gasteiger partial charge in [0, 0.05) is 16.4 Å². The average Bonchev–Trinajstić information content (AvgIpc) is 2.46. The van der Waals surface area contributed by atoms with E-state index in [-0.39, 0.29) is 5.91 Å². The molecular weight excluding hydrogens is 318 g/mol. The van der Waals surface area contributed by atoms with E-state index in [0.717, 1.165) is 21.4 Å². The second-order valence-corrected chi connectivity index (χ2v) is 5.25. The zero-order valence-corrected chi connectivity index (χ0v) is 12.8. The molecule has 0 spiro atoms. The van der Waals surface area contributed by atoms with Crippen LogP contribution in [0, 0.1) is 6.92 Å². The number of aryl methyl sites for hydroxylation is 1. The first-order chi connectivity index (χ1) is 9.56. The summed E-state index contributed by atoms with van der Waals surface area (Å²) in [5.41, 5.74) is 5.58. The summed E-state index contributed by atoms with van der Waals surface area (Å²) in [6.07, 6.45) is 1.54. The predicted molar refractivity (Wildman–Crippen MR) is 82.8 cm³/mol. The van der Waals surface area contributed by atoms with E-state index in [2.05, 4.69) is 31.4 Å². The van der Waals surface area contributed by atoms with Gasteiger partial charge in [0.2, 0.25) is 0 Å². The van der Waals surface area contributed by atoms with E-state index in [0.29, 0.717) is 5.56 Å². The number of pyridine rings is 1. The first-order valence-corrected chi connectivity index (χ1v) is 6.89. The van der Waals surface area contributed by atoms with Gasteiger partial charge in [-0.1, -0.05) is 28.1 Å². The summed E-state index contributed by atoms with van der Waals surface area (Å²) in [7, 11) is 0. The lowest BCUT2D eigenvalue weighted by molar-refractivity contribution is 0.0954. The van der Waals surface area contributed by atoms with Crippen molar-refractivity contribution < 1.29 is 4.79 Å². The predicted octanol–water partition coefficient (Wildman–Crippen LogP) is 3.31. The Bertz CT molecular complexity index is 633. The van der Waals surface area contributed by atoms with Crippen LogP contribution in [0.2, 0.25) is 0 Å². The Morgan fingerprint density at radius 2 is 1.80 bits per heavy atom. The highest BCUT2D eigenvalue weighted by molar-refractivity contribution is 9.10. The third-order valence-corrected chi connectivity index (χ3v) is 3.29. The smallest absolute Gasteiger partial charge is 0.267 e. The van der Waals surface area contributed by atoms with E-state index in [4.69, 9.17) is 0 Å². The minimum Gasteiger partial charge on any atom is -0.267 e. The van der Waals surface area contributed by atoms with Crippen LogP contribution in [0.5, 0.6) is 0 Å². The number of hydrogen-bond donors (Lipinski definition) is 1. The maximum Gasteiger partial charge on any atom is 0.272 e. The lowest BCUT2D eigenvalue weighted by Gasteiger charge is -2.03. The number of halogens is 1. The normalized spacial score (nSPS) is 11.2. The van der Waals surface area contributed by atoms with Gasteiger partial charge >= 0.3 is 0 Å². The molecule has 4 nitrogen and oxygen atoms in total. The van der Waals surface area contributed by atoms with Crippen molar-refractivity contribution in [3.63, 3.8) is 0 Å². The molecule has 2 rings (SSSR count). The Hall–Kier alpha value is -2.01.